The van der Waals surface area contributed by atoms with Crippen LogP contribution in [0.3, 0.4) is 0 Å². The van der Waals surface area contributed by atoms with Gasteiger partial charge >= 0.3 is 0 Å². The third-order valence-electron chi connectivity index (χ3n) is 5.61. The highest BCUT2D eigenvalue weighted by molar-refractivity contribution is 7.89. The molecule has 1 aliphatic rings. The molecule has 1 aromatic rings. The number of halogens is 1. The number of guanidine groups is 1. The maximum atomic E-state index is 13.7. The van der Waals surface area contributed by atoms with Gasteiger partial charge in [-0.3, -0.25) is 9.89 Å². The zero-order chi connectivity index (χ0) is 22.1. The monoisotopic (exact) mass is 440 g/mol. The molecule has 1 aliphatic heterocycles. The average Bonchev–Trinajstić information content (AvgIpc) is 2.94. The zero-order valence-electron chi connectivity index (χ0n) is 18.7. The second kappa shape index (κ2) is 11.6. The Balaban J connectivity index is 1.99. The Hall–Kier alpha value is -1.67. The molecule has 1 heterocycles. The Morgan fingerprint density at radius 2 is 1.80 bits per heavy atom. The van der Waals surface area contributed by atoms with Gasteiger partial charge in [-0.2, -0.15) is 0 Å². The van der Waals surface area contributed by atoms with Crippen LogP contribution < -0.4 is 10.6 Å². The maximum Gasteiger partial charge on any atom is 0.191 e. The van der Waals surface area contributed by atoms with Crippen molar-refractivity contribution in [2.75, 3.05) is 32.9 Å². The highest BCUT2D eigenvalue weighted by Crippen LogP contribution is 2.17. The van der Waals surface area contributed by atoms with Gasteiger partial charge in [0.25, 0.3) is 0 Å². The molecule has 2 rings (SSSR count). The minimum Gasteiger partial charge on any atom is -0.355 e. The molecule has 0 spiro atoms. The molecule has 30 heavy (non-hydrogen) atoms. The summed E-state index contributed by atoms with van der Waals surface area (Å²) in [7, 11) is -1.50. The van der Waals surface area contributed by atoms with E-state index in [4.69, 9.17) is 0 Å². The molecule has 0 radical (unpaired) electrons. The molecule has 0 aliphatic carbocycles. The normalized spacial score (nSPS) is 17.6. The Labute approximate surface area is 181 Å². The van der Waals surface area contributed by atoms with Gasteiger partial charge in [0.15, 0.2) is 15.8 Å². The standard InChI is InChI=1S/C22H37FN4O2S/c1-17(2)21(27-11-7-5-6-8-12-27)15-26-22(24-3)25-14-19-13-20(23)10-9-18(19)16-30(4,28)29/h9-10,13,17,21H,5-8,11-12,14-16H2,1-4H3,(H2,24,25,26). The minimum absolute atomic E-state index is 0.110. The van der Waals surface area contributed by atoms with E-state index < -0.39 is 9.84 Å². The van der Waals surface area contributed by atoms with Gasteiger partial charge in [-0.15, -0.1) is 0 Å². The Bertz CT molecular complexity index is 803. The van der Waals surface area contributed by atoms with Gasteiger partial charge < -0.3 is 10.6 Å². The van der Waals surface area contributed by atoms with Crippen LogP contribution in [0.15, 0.2) is 23.2 Å². The van der Waals surface area contributed by atoms with Gasteiger partial charge in [0.05, 0.1) is 5.75 Å². The van der Waals surface area contributed by atoms with Crippen molar-refractivity contribution < 1.29 is 12.8 Å². The number of likely N-dealkylation sites (tertiary alicyclic amines) is 1. The molecular weight excluding hydrogens is 403 g/mol. The summed E-state index contributed by atoms with van der Waals surface area (Å²) >= 11 is 0. The molecule has 8 heteroatoms. The van der Waals surface area contributed by atoms with Gasteiger partial charge in [-0.05, 0) is 55.1 Å². The summed E-state index contributed by atoms with van der Waals surface area (Å²) in [4.78, 5) is 6.87. The molecule has 0 bridgehead atoms. The smallest absolute Gasteiger partial charge is 0.191 e. The molecular formula is C22H37FN4O2S. The minimum atomic E-state index is -3.20. The van der Waals surface area contributed by atoms with E-state index in [9.17, 15) is 12.8 Å². The lowest BCUT2D eigenvalue weighted by molar-refractivity contribution is 0.161. The van der Waals surface area contributed by atoms with Crippen LogP contribution in [0.1, 0.15) is 50.7 Å². The number of benzene rings is 1. The predicted octanol–water partition coefficient (Wildman–Crippen LogP) is 2.94. The van der Waals surface area contributed by atoms with E-state index in [-0.39, 0.29) is 11.6 Å². The lowest BCUT2D eigenvalue weighted by atomic mass is 10.0. The molecule has 1 saturated heterocycles. The molecule has 0 aromatic heterocycles. The fourth-order valence-electron chi connectivity index (χ4n) is 4.00. The van der Waals surface area contributed by atoms with Gasteiger partial charge in [0.2, 0.25) is 0 Å². The lowest BCUT2D eigenvalue weighted by Gasteiger charge is -2.34. The van der Waals surface area contributed by atoms with Crippen molar-refractivity contribution >= 4 is 15.8 Å². The van der Waals surface area contributed by atoms with Crippen LogP contribution >= 0.6 is 0 Å². The summed E-state index contributed by atoms with van der Waals surface area (Å²) in [6, 6.07) is 4.63. The summed E-state index contributed by atoms with van der Waals surface area (Å²) in [5.41, 5.74) is 1.22. The number of aliphatic imine (C=N–C) groups is 1. The first kappa shape index (κ1) is 24.6. The van der Waals surface area contributed by atoms with E-state index in [2.05, 4.69) is 34.4 Å². The van der Waals surface area contributed by atoms with E-state index in [1.54, 1.807) is 7.05 Å². The fraction of sp³-hybridized carbons (Fsp3) is 0.682. The number of nitrogens with zero attached hydrogens (tertiary/aromatic N) is 2. The topological polar surface area (TPSA) is 73.8 Å². The summed E-state index contributed by atoms with van der Waals surface area (Å²) in [5.74, 6) is 0.650. The van der Waals surface area contributed by atoms with Crippen LogP contribution in [0.2, 0.25) is 0 Å². The average molecular weight is 441 g/mol. The van der Waals surface area contributed by atoms with Crippen molar-refractivity contribution in [2.45, 2.75) is 57.9 Å². The lowest BCUT2D eigenvalue weighted by Crippen LogP contribution is -2.49. The van der Waals surface area contributed by atoms with Crippen molar-refractivity contribution in [3.05, 3.63) is 35.1 Å². The first-order valence-corrected chi connectivity index (χ1v) is 12.9. The molecule has 0 saturated carbocycles. The summed E-state index contributed by atoms with van der Waals surface area (Å²) in [5, 5.41) is 6.61. The predicted molar refractivity (Wildman–Crippen MR) is 122 cm³/mol. The Morgan fingerprint density at radius 1 is 1.13 bits per heavy atom. The van der Waals surface area contributed by atoms with Crippen molar-refractivity contribution in [3.63, 3.8) is 0 Å². The molecule has 1 aromatic carbocycles. The number of rotatable bonds is 8. The van der Waals surface area contributed by atoms with E-state index in [1.807, 2.05) is 0 Å². The summed E-state index contributed by atoms with van der Waals surface area (Å²) in [6.45, 7) is 7.84. The summed E-state index contributed by atoms with van der Waals surface area (Å²) < 4.78 is 37.1. The molecule has 2 N–H and O–H groups in total. The van der Waals surface area contributed by atoms with Gasteiger partial charge in [-0.25, -0.2) is 12.8 Å². The first-order valence-electron chi connectivity index (χ1n) is 10.8. The first-order chi connectivity index (χ1) is 14.2. The number of hydrogen-bond acceptors (Lipinski definition) is 4. The van der Waals surface area contributed by atoms with E-state index >= 15 is 0 Å². The number of nitrogens with one attached hydrogen (secondary N) is 2. The van der Waals surface area contributed by atoms with Crippen LogP contribution in [0.25, 0.3) is 0 Å². The molecule has 1 fully saturated rings. The van der Waals surface area contributed by atoms with Crippen LogP contribution in [0.4, 0.5) is 4.39 Å². The van der Waals surface area contributed by atoms with Gasteiger partial charge in [0, 0.05) is 32.4 Å². The molecule has 6 nitrogen and oxygen atoms in total. The second-order valence-corrected chi connectivity index (χ2v) is 10.7. The van der Waals surface area contributed by atoms with E-state index in [0.29, 0.717) is 35.6 Å². The van der Waals surface area contributed by atoms with Crippen LogP contribution in [0, 0.1) is 11.7 Å². The SMILES string of the molecule is CN=C(NCc1cc(F)ccc1CS(C)(=O)=O)NCC(C(C)C)N1CCCCCC1. The molecule has 1 atom stereocenters. The maximum absolute atomic E-state index is 13.7. The van der Waals surface area contributed by atoms with Crippen molar-refractivity contribution in [1.29, 1.82) is 0 Å². The van der Waals surface area contributed by atoms with Gasteiger partial charge in [-0.1, -0.05) is 32.8 Å². The number of sulfone groups is 1. The quantitative estimate of drug-likeness (QED) is 0.480. The molecule has 170 valence electrons. The second-order valence-electron chi connectivity index (χ2n) is 8.55. The Kier molecular flexibility index (Phi) is 9.55. The fourth-order valence-corrected chi connectivity index (χ4v) is 4.84. The molecule has 1 unspecified atom stereocenters. The largest absolute Gasteiger partial charge is 0.355 e. The molecule has 0 amide bonds. The third-order valence-corrected chi connectivity index (χ3v) is 6.45. The van der Waals surface area contributed by atoms with Crippen molar-refractivity contribution in [3.8, 4) is 0 Å². The van der Waals surface area contributed by atoms with E-state index in [0.717, 1.165) is 19.6 Å². The van der Waals surface area contributed by atoms with Crippen LogP contribution in [-0.4, -0.2) is 58.3 Å². The third kappa shape index (κ3) is 8.22. The highest BCUT2D eigenvalue weighted by atomic mass is 32.2. The zero-order valence-corrected chi connectivity index (χ0v) is 19.6. The van der Waals surface area contributed by atoms with Crippen molar-refractivity contribution in [2.24, 2.45) is 10.9 Å². The van der Waals surface area contributed by atoms with Crippen LogP contribution in [0.5, 0.6) is 0 Å². The van der Waals surface area contributed by atoms with Crippen molar-refractivity contribution in [1.82, 2.24) is 15.5 Å². The van der Waals surface area contributed by atoms with Gasteiger partial charge in [0.1, 0.15) is 5.82 Å². The summed E-state index contributed by atoms with van der Waals surface area (Å²) in [6.07, 6.45) is 6.30. The van der Waals surface area contributed by atoms with Crippen LogP contribution in [-0.2, 0) is 22.1 Å². The van der Waals surface area contributed by atoms with E-state index in [1.165, 1.54) is 50.1 Å². The highest BCUT2D eigenvalue weighted by Gasteiger charge is 2.23. The number of hydrogen-bond donors (Lipinski definition) is 2. The Morgan fingerprint density at radius 3 is 2.37 bits per heavy atom.